The quantitative estimate of drug-likeness (QED) is 0.903. The predicted octanol–water partition coefficient (Wildman–Crippen LogP) is 2.23. The van der Waals surface area contributed by atoms with E-state index in [2.05, 4.69) is 0 Å². The Hall–Kier alpha value is -1.88. The van der Waals surface area contributed by atoms with E-state index >= 15 is 0 Å². The average Bonchev–Trinajstić information content (AvgIpc) is 2.94. The number of methoxy groups -OCH3 is 1. The van der Waals surface area contributed by atoms with Crippen molar-refractivity contribution < 1.29 is 19.4 Å². The minimum absolute atomic E-state index is 0.273. The Balaban J connectivity index is 2.31. The lowest BCUT2D eigenvalue weighted by Crippen LogP contribution is -2.54. The molecule has 0 radical (unpaired) electrons. The molecule has 5 heteroatoms. The molecule has 0 bridgehead atoms. The number of rotatable bonds is 5. The molecule has 1 saturated heterocycles. The van der Waals surface area contributed by atoms with Crippen LogP contribution in [0, 0.1) is 0 Å². The maximum absolute atomic E-state index is 12.8. The van der Waals surface area contributed by atoms with Crippen molar-refractivity contribution in [2.75, 3.05) is 13.7 Å². The molecule has 2 rings (SSSR count). The molecule has 1 aromatic carbocycles. The summed E-state index contributed by atoms with van der Waals surface area (Å²) >= 11 is 0. The summed E-state index contributed by atoms with van der Waals surface area (Å²) in [6, 6.07) is 9.17. The first-order chi connectivity index (χ1) is 10.1. The summed E-state index contributed by atoms with van der Waals surface area (Å²) in [6.45, 7) is 2.27. The minimum atomic E-state index is -1.09. The standard InChI is InChI=1S/C16H21NO4/c1-3-16(15(19)20)10-7-11-17(16)14(18)13(21-2)12-8-5-4-6-9-12/h4-6,8-9,13H,3,7,10-11H2,1-2H3,(H,19,20). The second-order valence-electron chi connectivity index (χ2n) is 5.31. The van der Waals surface area contributed by atoms with Crippen molar-refractivity contribution in [1.29, 1.82) is 0 Å². The van der Waals surface area contributed by atoms with Gasteiger partial charge >= 0.3 is 5.97 Å². The molecule has 1 amide bonds. The second-order valence-corrected chi connectivity index (χ2v) is 5.31. The highest BCUT2D eigenvalue weighted by molar-refractivity contribution is 5.90. The van der Waals surface area contributed by atoms with Crippen molar-refractivity contribution in [2.24, 2.45) is 0 Å². The molecule has 5 nitrogen and oxygen atoms in total. The van der Waals surface area contributed by atoms with Crippen LogP contribution >= 0.6 is 0 Å². The Labute approximate surface area is 124 Å². The molecular formula is C16H21NO4. The van der Waals surface area contributed by atoms with E-state index in [1.165, 1.54) is 12.0 Å². The van der Waals surface area contributed by atoms with E-state index in [0.717, 1.165) is 5.56 Å². The van der Waals surface area contributed by atoms with Crippen LogP contribution in [0.15, 0.2) is 30.3 Å². The van der Waals surface area contributed by atoms with E-state index in [9.17, 15) is 14.7 Å². The zero-order valence-electron chi connectivity index (χ0n) is 12.4. The third-order valence-corrected chi connectivity index (χ3v) is 4.30. The molecular weight excluding hydrogens is 270 g/mol. The monoisotopic (exact) mass is 291 g/mol. The zero-order chi connectivity index (χ0) is 15.5. The van der Waals surface area contributed by atoms with E-state index in [1.54, 1.807) is 0 Å². The molecule has 1 N–H and O–H groups in total. The number of carboxylic acid groups (broad SMARTS) is 1. The van der Waals surface area contributed by atoms with Gasteiger partial charge in [-0.05, 0) is 24.8 Å². The summed E-state index contributed by atoms with van der Waals surface area (Å²) in [5, 5.41) is 9.57. The number of carbonyl (C=O) groups is 2. The number of carboxylic acids is 1. The average molecular weight is 291 g/mol. The van der Waals surface area contributed by atoms with Gasteiger partial charge in [-0.25, -0.2) is 4.79 Å². The molecule has 1 heterocycles. The zero-order valence-corrected chi connectivity index (χ0v) is 12.4. The molecule has 1 aliphatic rings. The summed E-state index contributed by atoms with van der Waals surface area (Å²) in [6.07, 6.45) is 0.848. The molecule has 114 valence electrons. The summed E-state index contributed by atoms with van der Waals surface area (Å²) in [7, 11) is 1.47. The van der Waals surface area contributed by atoms with Gasteiger partial charge in [-0.15, -0.1) is 0 Å². The third-order valence-electron chi connectivity index (χ3n) is 4.30. The van der Waals surface area contributed by atoms with Crippen LogP contribution in [0.2, 0.25) is 0 Å². The van der Waals surface area contributed by atoms with Crippen molar-refractivity contribution in [1.82, 2.24) is 4.90 Å². The van der Waals surface area contributed by atoms with Gasteiger partial charge in [-0.3, -0.25) is 4.79 Å². The van der Waals surface area contributed by atoms with Crippen LogP contribution in [0.4, 0.5) is 0 Å². The van der Waals surface area contributed by atoms with Gasteiger partial charge in [0.25, 0.3) is 5.91 Å². The van der Waals surface area contributed by atoms with Crippen molar-refractivity contribution >= 4 is 11.9 Å². The molecule has 2 unspecified atom stereocenters. The molecule has 21 heavy (non-hydrogen) atoms. The van der Waals surface area contributed by atoms with Crippen molar-refractivity contribution in [3.63, 3.8) is 0 Å². The lowest BCUT2D eigenvalue weighted by Gasteiger charge is -2.35. The second kappa shape index (κ2) is 6.26. The van der Waals surface area contributed by atoms with E-state index < -0.39 is 17.6 Å². The number of hydrogen-bond donors (Lipinski definition) is 1. The SMILES string of the molecule is CCC1(C(=O)O)CCCN1C(=O)C(OC)c1ccccc1. The first kappa shape index (κ1) is 15.5. The fraction of sp³-hybridized carbons (Fsp3) is 0.500. The topological polar surface area (TPSA) is 66.8 Å². The molecule has 2 atom stereocenters. The summed E-state index contributed by atoms with van der Waals surface area (Å²) < 4.78 is 5.34. The first-order valence-corrected chi connectivity index (χ1v) is 7.19. The van der Waals surface area contributed by atoms with Gasteiger partial charge in [0.2, 0.25) is 0 Å². The van der Waals surface area contributed by atoms with Crippen molar-refractivity contribution in [3.8, 4) is 0 Å². The van der Waals surface area contributed by atoms with Crippen LogP contribution in [-0.4, -0.2) is 41.1 Å². The van der Waals surface area contributed by atoms with Gasteiger partial charge < -0.3 is 14.7 Å². The number of carbonyl (C=O) groups excluding carboxylic acids is 1. The highest BCUT2D eigenvalue weighted by Crippen LogP contribution is 2.35. The van der Waals surface area contributed by atoms with E-state index in [0.29, 0.717) is 25.8 Å². The molecule has 1 fully saturated rings. The Morgan fingerprint density at radius 1 is 1.38 bits per heavy atom. The maximum atomic E-state index is 12.8. The van der Waals surface area contributed by atoms with Gasteiger partial charge in [0.05, 0.1) is 0 Å². The van der Waals surface area contributed by atoms with Crippen LogP contribution < -0.4 is 0 Å². The number of amides is 1. The normalized spacial score (nSPS) is 23.0. The fourth-order valence-corrected chi connectivity index (χ4v) is 3.09. The Morgan fingerprint density at radius 3 is 2.57 bits per heavy atom. The summed E-state index contributed by atoms with van der Waals surface area (Å²) in [5.41, 5.74) is -0.352. The van der Waals surface area contributed by atoms with Gasteiger partial charge in [-0.1, -0.05) is 37.3 Å². The van der Waals surface area contributed by atoms with Crippen molar-refractivity contribution in [3.05, 3.63) is 35.9 Å². The number of benzene rings is 1. The van der Waals surface area contributed by atoms with Crippen LogP contribution in [0.5, 0.6) is 0 Å². The van der Waals surface area contributed by atoms with Gasteiger partial charge in [0.15, 0.2) is 6.10 Å². The molecule has 1 aromatic rings. The third kappa shape index (κ3) is 2.65. The van der Waals surface area contributed by atoms with E-state index in [1.807, 2.05) is 37.3 Å². The van der Waals surface area contributed by atoms with Crippen LogP contribution in [0.25, 0.3) is 0 Å². The highest BCUT2D eigenvalue weighted by atomic mass is 16.5. The first-order valence-electron chi connectivity index (χ1n) is 7.19. The lowest BCUT2D eigenvalue weighted by atomic mass is 9.92. The Kier molecular flexibility index (Phi) is 4.63. The minimum Gasteiger partial charge on any atom is -0.479 e. The maximum Gasteiger partial charge on any atom is 0.329 e. The van der Waals surface area contributed by atoms with Crippen molar-refractivity contribution in [2.45, 2.75) is 37.8 Å². The lowest BCUT2D eigenvalue weighted by molar-refractivity contribution is -0.161. The van der Waals surface area contributed by atoms with E-state index in [-0.39, 0.29) is 5.91 Å². The van der Waals surface area contributed by atoms with Gasteiger partial charge in [0, 0.05) is 13.7 Å². The van der Waals surface area contributed by atoms with E-state index in [4.69, 9.17) is 4.74 Å². The van der Waals surface area contributed by atoms with Gasteiger partial charge in [0.1, 0.15) is 5.54 Å². The molecule has 0 aromatic heterocycles. The predicted molar refractivity (Wildman–Crippen MR) is 77.8 cm³/mol. The highest BCUT2D eigenvalue weighted by Gasteiger charge is 2.50. The molecule has 0 saturated carbocycles. The Morgan fingerprint density at radius 2 is 2.05 bits per heavy atom. The number of nitrogens with zero attached hydrogens (tertiary/aromatic N) is 1. The van der Waals surface area contributed by atoms with Crippen LogP contribution in [0.1, 0.15) is 37.9 Å². The molecule has 0 aliphatic carbocycles. The molecule has 1 aliphatic heterocycles. The summed E-state index contributed by atoms with van der Waals surface area (Å²) in [5.74, 6) is -1.20. The van der Waals surface area contributed by atoms with Crippen LogP contribution in [-0.2, 0) is 14.3 Å². The number of aliphatic carboxylic acids is 1. The summed E-state index contributed by atoms with van der Waals surface area (Å²) in [4.78, 5) is 26.0. The largest absolute Gasteiger partial charge is 0.479 e. The fourth-order valence-electron chi connectivity index (χ4n) is 3.09. The Bertz CT molecular complexity index is 516. The number of likely N-dealkylation sites (tertiary alicyclic amines) is 1. The number of ether oxygens (including phenoxy) is 1. The smallest absolute Gasteiger partial charge is 0.329 e. The van der Waals surface area contributed by atoms with Crippen LogP contribution in [0.3, 0.4) is 0 Å². The number of hydrogen-bond acceptors (Lipinski definition) is 3. The van der Waals surface area contributed by atoms with Gasteiger partial charge in [-0.2, -0.15) is 0 Å². The molecule has 0 spiro atoms.